The Bertz CT molecular complexity index is 275. The molecule has 3 fully saturated rings. The van der Waals surface area contributed by atoms with E-state index in [4.69, 9.17) is 0 Å². The van der Waals surface area contributed by atoms with E-state index in [0.717, 1.165) is 11.7 Å². The summed E-state index contributed by atoms with van der Waals surface area (Å²) in [5, 5.41) is 14.3. The lowest BCUT2D eigenvalue weighted by atomic mass is 9.83. The third-order valence-corrected chi connectivity index (χ3v) is 3.31. The van der Waals surface area contributed by atoms with E-state index < -0.39 is 0 Å². The molecular formula is C8H13N5. The highest BCUT2D eigenvalue weighted by molar-refractivity contribution is 4.97. The first kappa shape index (κ1) is 7.44. The lowest BCUT2D eigenvalue weighted by Gasteiger charge is -2.43. The Hall–Kier alpha value is -0.970. The third-order valence-electron chi connectivity index (χ3n) is 3.31. The molecule has 1 aromatic heterocycles. The molecule has 1 unspecified atom stereocenters. The first-order valence-electron chi connectivity index (χ1n) is 4.91. The number of hydrogen-bond donors (Lipinski definition) is 1. The van der Waals surface area contributed by atoms with Gasteiger partial charge in [-0.25, -0.2) is 0 Å². The van der Waals surface area contributed by atoms with Crippen molar-refractivity contribution in [3.63, 3.8) is 0 Å². The van der Waals surface area contributed by atoms with Crippen LogP contribution in [0.2, 0.25) is 0 Å². The van der Waals surface area contributed by atoms with Crippen molar-refractivity contribution in [2.24, 2.45) is 5.92 Å². The highest BCUT2D eigenvalue weighted by Crippen LogP contribution is 2.38. The predicted octanol–water partition coefficient (Wildman–Crippen LogP) is 0.356. The molecule has 0 aliphatic carbocycles. The van der Waals surface area contributed by atoms with E-state index in [9.17, 15) is 0 Å². The largest absolute Gasteiger partial charge is 0.293 e. The van der Waals surface area contributed by atoms with Crippen molar-refractivity contribution in [3.05, 3.63) is 5.82 Å². The van der Waals surface area contributed by atoms with Gasteiger partial charge in [-0.05, 0) is 38.3 Å². The van der Waals surface area contributed by atoms with Gasteiger partial charge in [0.15, 0.2) is 5.82 Å². The van der Waals surface area contributed by atoms with E-state index in [-0.39, 0.29) is 0 Å². The number of piperidine rings is 3. The van der Waals surface area contributed by atoms with Crippen LogP contribution < -0.4 is 0 Å². The van der Waals surface area contributed by atoms with Gasteiger partial charge >= 0.3 is 0 Å². The second-order valence-corrected chi connectivity index (χ2v) is 4.00. The maximum atomic E-state index is 4.07. The van der Waals surface area contributed by atoms with Crippen LogP contribution in [0, 0.1) is 5.92 Å². The Morgan fingerprint density at radius 2 is 2.15 bits per heavy atom. The summed E-state index contributed by atoms with van der Waals surface area (Å²) in [5.41, 5.74) is 0. The van der Waals surface area contributed by atoms with Gasteiger partial charge in [0.2, 0.25) is 0 Å². The molecule has 3 saturated heterocycles. The average Bonchev–Trinajstić information content (AvgIpc) is 2.72. The number of aromatic nitrogens is 4. The van der Waals surface area contributed by atoms with Crippen molar-refractivity contribution in [1.29, 1.82) is 0 Å². The fraction of sp³-hybridized carbons (Fsp3) is 0.875. The number of fused-ring (bicyclic) bond motifs is 3. The maximum Gasteiger partial charge on any atom is 0.191 e. The molecule has 70 valence electrons. The van der Waals surface area contributed by atoms with Gasteiger partial charge in [0.25, 0.3) is 0 Å². The maximum absolute atomic E-state index is 4.07. The molecule has 5 heteroatoms. The van der Waals surface area contributed by atoms with Crippen molar-refractivity contribution in [1.82, 2.24) is 25.5 Å². The molecular weight excluding hydrogens is 166 g/mol. The topological polar surface area (TPSA) is 57.7 Å². The van der Waals surface area contributed by atoms with Gasteiger partial charge in [0, 0.05) is 0 Å². The number of rotatable bonds is 1. The number of nitrogens with zero attached hydrogens (tertiary/aromatic N) is 4. The summed E-state index contributed by atoms with van der Waals surface area (Å²) >= 11 is 0. The molecule has 5 nitrogen and oxygen atoms in total. The zero-order valence-corrected chi connectivity index (χ0v) is 7.48. The van der Waals surface area contributed by atoms with Crippen molar-refractivity contribution >= 4 is 0 Å². The minimum atomic E-state index is 0.436. The number of tetrazole rings is 1. The molecule has 3 aliphatic heterocycles. The third kappa shape index (κ3) is 1.14. The Balaban J connectivity index is 1.85. The van der Waals surface area contributed by atoms with Crippen molar-refractivity contribution < 1.29 is 0 Å². The minimum Gasteiger partial charge on any atom is -0.293 e. The second-order valence-electron chi connectivity index (χ2n) is 4.00. The molecule has 0 radical (unpaired) electrons. The molecule has 0 saturated carbocycles. The smallest absolute Gasteiger partial charge is 0.191 e. The van der Waals surface area contributed by atoms with Gasteiger partial charge in [0.05, 0.1) is 6.04 Å². The molecule has 0 amide bonds. The first-order chi connectivity index (χ1) is 6.43. The minimum absolute atomic E-state index is 0.436. The van der Waals surface area contributed by atoms with Gasteiger partial charge in [-0.1, -0.05) is 5.21 Å². The van der Waals surface area contributed by atoms with Crippen LogP contribution in [0.3, 0.4) is 0 Å². The lowest BCUT2D eigenvalue weighted by molar-refractivity contribution is 0.0445. The van der Waals surface area contributed by atoms with Crippen molar-refractivity contribution in [2.45, 2.75) is 25.3 Å². The van der Waals surface area contributed by atoms with Crippen LogP contribution in [0.25, 0.3) is 0 Å². The lowest BCUT2D eigenvalue weighted by Crippen LogP contribution is -2.44. The van der Waals surface area contributed by atoms with Crippen LogP contribution >= 0.6 is 0 Å². The summed E-state index contributed by atoms with van der Waals surface area (Å²) in [5.74, 6) is 1.78. The van der Waals surface area contributed by atoms with Crippen molar-refractivity contribution in [3.8, 4) is 0 Å². The molecule has 4 heterocycles. The van der Waals surface area contributed by atoms with E-state index in [1.807, 2.05) is 0 Å². The molecule has 2 bridgehead atoms. The highest BCUT2D eigenvalue weighted by Gasteiger charge is 2.36. The fourth-order valence-electron chi connectivity index (χ4n) is 2.54. The molecule has 0 spiro atoms. The number of hydrogen-bond acceptors (Lipinski definition) is 4. The molecule has 1 aromatic rings. The molecule has 3 aliphatic rings. The van der Waals surface area contributed by atoms with Crippen LogP contribution in [0.5, 0.6) is 0 Å². The Morgan fingerprint density at radius 3 is 2.69 bits per heavy atom. The Morgan fingerprint density at radius 1 is 1.31 bits per heavy atom. The number of H-pyrrole nitrogens is 1. The van der Waals surface area contributed by atoms with E-state index in [1.54, 1.807) is 0 Å². The molecule has 13 heavy (non-hydrogen) atoms. The van der Waals surface area contributed by atoms with Crippen molar-refractivity contribution in [2.75, 3.05) is 13.1 Å². The summed E-state index contributed by atoms with van der Waals surface area (Å²) in [6, 6.07) is 0.436. The van der Waals surface area contributed by atoms with Crippen LogP contribution in [-0.4, -0.2) is 38.6 Å². The van der Waals surface area contributed by atoms with Gasteiger partial charge in [0.1, 0.15) is 0 Å². The van der Waals surface area contributed by atoms with E-state index in [1.165, 1.54) is 32.4 Å². The molecule has 0 aromatic carbocycles. The average molecular weight is 179 g/mol. The van der Waals surface area contributed by atoms with E-state index in [2.05, 4.69) is 25.5 Å². The summed E-state index contributed by atoms with van der Waals surface area (Å²) in [6.45, 7) is 2.42. The summed E-state index contributed by atoms with van der Waals surface area (Å²) < 4.78 is 0. The quantitative estimate of drug-likeness (QED) is 0.676. The second kappa shape index (κ2) is 2.77. The van der Waals surface area contributed by atoms with Crippen LogP contribution in [0.15, 0.2) is 0 Å². The van der Waals surface area contributed by atoms with E-state index >= 15 is 0 Å². The molecule has 1 atom stereocenters. The number of nitrogens with one attached hydrogen (secondary N) is 1. The van der Waals surface area contributed by atoms with Crippen LogP contribution in [0.1, 0.15) is 31.1 Å². The molecule has 1 N–H and O–H groups in total. The summed E-state index contributed by atoms with van der Waals surface area (Å²) in [7, 11) is 0. The first-order valence-corrected chi connectivity index (χ1v) is 4.91. The highest BCUT2D eigenvalue weighted by atomic mass is 15.5. The van der Waals surface area contributed by atoms with E-state index in [0.29, 0.717) is 6.04 Å². The zero-order chi connectivity index (χ0) is 8.67. The Kier molecular flexibility index (Phi) is 1.58. The zero-order valence-electron chi connectivity index (χ0n) is 7.48. The van der Waals surface area contributed by atoms with Crippen LogP contribution in [-0.2, 0) is 0 Å². The van der Waals surface area contributed by atoms with Gasteiger partial charge in [-0.3, -0.25) is 4.90 Å². The summed E-state index contributed by atoms with van der Waals surface area (Å²) in [4.78, 5) is 2.48. The number of aromatic amines is 1. The van der Waals surface area contributed by atoms with Gasteiger partial charge < -0.3 is 0 Å². The monoisotopic (exact) mass is 179 g/mol. The van der Waals surface area contributed by atoms with Gasteiger partial charge in [-0.2, -0.15) is 5.21 Å². The Labute approximate surface area is 76.5 Å². The van der Waals surface area contributed by atoms with Gasteiger partial charge in [-0.15, -0.1) is 10.2 Å². The SMILES string of the molecule is C1CN2CCC1CC2c1nn[nH]n1. The fourth-order valence-corrected chi connectivity index (χ4v) is 2.54. The predicted molar refractivity (Wildman–Crippen MR) is 45.8 cm³/mol. The summed E-state index contributed by atoms with van der Waals surface area (Å²) in [6.07, 6.45) is 3.93. The van der Waals surface area contributed by atoms with Crippen LogP contribution in [0.4, 0.5) is 0 Å². The normalized spacial score (nSPS) is 38.0. The standard InChI is InChI=1S/C8H13N5/c1-3-13-4-2-6(1)5-7(13)8-9-11-12-10-8/h6-7H,1-5H2,(H,9,10,11,12). The molecule has 4 rings (SSSR count).